The first-order valence-corrected chi connectivity index (χ1v) is 13.7. The first kappa shape index (κ1) is 26.1. The Morgan fingerprint density at radius 3 is 2.45 bits per heavy atom. The molecule has 204 valence electrons. The van der Waals surface area contributed by atoms with Crippen molar-refractivity contribution >= 4 is 52.2 Å². The lowest BCUT2D eigenvalue weighted by molar-refractivity contribution is -0.137. The summed E-state index contributed by atoms with van der Waals surface area (Å²) in [5.74, 6) is -3.42. The second-order valence-corrected chi connectivity index (χ2v) is 11.3. The second-order valence-electron chi connectivity index (χ2n) is 9.16. The van der Waals surface area contributed by atoms with Crippen LogP contribution in [-0.2, 0) is 27.1 Å². The zero-order chi connectivity index (χ0) is 28.2. The maximum absolute atomic E-state index is 13.7. The number of anilines is 2. The van der Waals surface area contributed by atoms with Crippen molar-refractivity contribution in [3.05, 3.63) is 98.9 Å². The molecule has 0 bridgehead atoms. The molecule has 1 N–H and O–H groups in total. The van der Waals surface area contributed by atoms with Crippen molar-refractivity contribution in [3.63, 3.8) is 0 Å². The van der Waals surface area contributed by atoms with Gasteiger partial charge in [-0.05, 0) is 42.5 Å². The van der Waals surface area contributed by atoms with Gasteiger partial charge in [0.2, 0.25) is 17.7 Å². The number of benzene rings is 2. The van der Waals surface area contributed by atoms with Gasteiger partial charge in [-0.3, -0.25) is 23.7 Å². The van der Waals surface area contributed by atoms with E-state index in [1.54, 1.807) is 42.5 Å². The van der Waals surface area contributed by atoms with E-state index < -0.39 is 51.4 Å². The standard InChI is InChI=1S/C27H18F3N3O5S2/c28-27(29,30)14-6-4-9-16(12-14)33-23(35)20-19(17-10-5-11-38-17)22-25(39-21(20)24(33)36)32(26(37)40-22)13-18(34)31-15-7-2-1-3-8-15/h1-12,19-21H,13H2,(H,31,34). The SMILES string of the molecule is O=C(Cn1c2c(sc1=O)C(c1ccco1)C1C(=O)N(c3cccc(C(F)(F)F)c3)C(=O)C1S2)Nc1ccccc1. The third-order valence-corrected chi connectivity index (χ3v) is 9.29. The molecule has 8 nitrogen and oxygen atoms in total. The van der Waals surface area contributed by atoms with Crippen LogP contribution in [0.3, 0.4) is 0 Å². The highest BCUT2D eigenvalue weighted by Gasteiger charge is 2.57. The van der Waals surface area contributed by atoms with E-state index in [4.69, 9.17) is 4.42 Å². The van der Waals surface area contributed by atoms with Crippen molar-refractivity contribution in [2.45, 2.75) is 28.9 Å². The lowest BCUT2D eigenvalue weighted by Crippen LogP contribution is -2.32. The molecule has 3 unspecified atom stereocenters. The van der Waals surface area contributed by atoms with Crippen molar-refractivity contribution in [3.8, 4) is 0 Å². The summed E-state index contributed by atoms with van der Waals surface area (Å²) in [4.78, 5) is 54.0. The lowest BCUT2D eigenvalue weighted by atomic mass is 9.87. The minimum atomic E-state index is -4.67. The molecule has 0 radical (unpaired) electrons. The van der Waals surface area contributed by atoms with Crippen LogP contribution in [0.5, 0.6) is 0 Å². The molecule has 40 heavy (non-hydrogen) atoms. The van der Waals surface area contributed by atoms with Crippen LogP contribution in [0.4, 0.5) is 24.5 Å². The number of fused-ring (bicyclic) bond motifs is 2. The minimum Gasteiger partial charge on any atom is -0.469 e. The summed E-state index contributed by atoms with van der Waals surface area (Å²) in [5, 5.41) is 2.01. The molecule has 2 aliphatic heterocycles. The van der Waals surface area contributed by atoms with Gasteiger partial charge in [0, 0.05) is 5.69 Å². The smallest absolute Gasteiger partial charge is 0.416 e. The predicted molar refractivity (Wildman–Crippen MR) is 141 cm³/mol. The maximum Gasteiger partial charge on any atom is 0.416 e. The average molecular weight is 586 g/mol. The van der Waals surface area contributed by atoms with Gasteiger partial charge < -0.3 is 9.73 Å². The average Bonchev–Trinajstić information content (AvgIpc) is 3.62. The Morgan fingerprint density at radius 1 is 0.975 bits per heavy atom. The molecule has 3 amide bonds. The summed E-state index contributed by atoms with van der Waals surface area (Å²) in [6.07, 6.45) is -3.27. The number of para-hydroxylation sites is 1. The molecule has 1 saturated heterocycles. The first-order chi connectivity index (χ1) is 19.1. The number of aromatic nitrogens is 1. The highest BCUT2D eigenvalue weighted by Crippen LogP contribution is 2.54. The summed E-state index contributed by atoms with van der Waals surface area (Å²) >= 11 is 1.80. The van der Waals surface area contributed by atoms with Gasteiger partial charge >= 0.3 is 11.0 Å². The fourth-order valence-corrected chi connectivity index (χ4v) is 7.72. The van der Waals surface area contributed by atoms with E-state index in [9.17, 15) is 32.3 Å². The second kappa shape index (κ2) is 9.82. The molecule has 4 aromatic rings. The van der Waals surface area contributed by atoms with E-state index in [1.165, 1.54) is 16.9 Å². The van der Waals surface area contributed by atoms with Crippen LogP contribution in [0, 0.1) is 5.92 Å². The predicted octanol–water partition coefficient (Wildman–Crippen LogP) is 4.96. The van der Waals surface area contributed by atoms with E-state index in [-0.39, 0.29) is 12.2 Å². The molecule has 0 saturated carbocycles. The molecule has 1 fully saturated rings. The molecular formula is C27H18F3N3O5S2. The zero-order valence-corrected chi connectivity index (χ0v) is 21.9. The summed E-state index contributed by atoms with van der Waals surface area (Å²) in [7, 11) is 0. The number of rotatable bonds is 5. The number of thioether (sulfide) groups is 1. The Bertz CT molecular complexity index is 1680. The van der Waals surface area contributed by atoms with Gasteiger partial charge in [-0.25, -0.2) is 4.90 Å². The quantitative estimate of drug-likeness (QED) is 0.333. The number of nitrogens with zero attached hydrogens (tertiary/aromatic N) is 2. The molecule has 6 rings (SSSR count). The Morgan fingerprint density at radius 2 is 1.75 bits per heavy atom. The van der Waals surface area contributed by atoms with Crippen LogP contribution >= 0.6 is 23.1 Å². The van der Waals surface area contributed by atoms with Gasteiger partial charge in [0.05, 0.1) is 39.3 Å². The van der Waals surface area contributed by atoms with Crippen LogP contribution < -0.4 is 15.1 Å². The fourth-order valence-electron chi connectivity index (χ4n) is 4.97. The lowest BCUT2D eigenvalue weighted by Gasteiger charge is -2.29. The van der Waals surface area contributed by atoms with Crippen molar-refractivity contribution in [1.82, 2.24) is 4.57 Å². The van der Waals surface area contributed by atoms with Gasteiger partial charge in [0.25, 0.3) is 0 Å². The third-order valence-electron chi connectivity index (χ3n) is 6.69. The molecule has 0 spiro atoms. The minimum absolute atomic E-state index is 0.194. The summed E-state index contributed by atoms with van der Waals surface area (Å²) in [6, 6.07) is 15.9. The van der Waals surface area contributed by atoms with Gasteiger partial charge in [0.1, 0.15) is 17.6 Å². The van der Waals surface area contributed by atoms with E-state index >= 15 is 0 Å². The van der Waals surface area contributed by atoms with Crippen LogP contribution in [0.1, 0.15) is 22.1 Å². The van der Waals surface area contributed by atoms with E-state index in [0.29, 0.717) is 21.4 Å². The molecule has 3 atom stereocenters. The third kappa shape index (κ3) is 4.44. The van der Waals surface area contributed by atoms with Gasteiger partial charge in [0.15, 0.2) is 0 Å². The number of amides is 3. The molecule has 0 aliphatic carbocycles. The molecule has 13 heteroatoms. The molecule has 2 aromatic heterocycles. The maximum atomic E-state index is 13.7. The normalized spacial score (nSPS) is 20.4. The number of carbonyl (C=O) groups excluding carboxylic acids is 3. The molecular weight excluding hydrogens is 567 g/mol. The Kier molecular flexibility index (Phi) is 6.42. The number of furan rings is 1. The van der Waals surface area contributed by atoms with Crippen LogP contribution in [0.15, 0.2) is 87.2 Å². The Hall–Kier alpha value is -4.10. The Balaban J connectivity index is 1.39. The zero-order valence-electron chi connectivity index (χ0n) is 20.3. The number of nitrogens with one attached hydrogen (secondary N) is 1. The first-order valence-electron chi connectivity index (χ1n) is 12.0. The van der Waals surface area contributed by atoms with Gasteiger partial charge in [-0.2, -0.15) is 13.2 Å². The number of halogens is 3. The number of carbonyl (C=O) groups is 3. The van der Waals surface area contributed by atoms with Crippen molar-refractivity contribution in [2.75, 3.05) is 10.2 Å². The highest BCUT2D eigenvalue weighted by atomic mass is 32.2. The molecule has 4 heterocycles. The summed E-state index contributed by atoms with van der Waals surface area (Å²) < 4.78 is 47.0. The fraction of sp³-hybridized carbons (Fsp3) is 0.185. The highest BCUT2D eigenvalue weighted by molar-refractivity contribution is 8.00. The van der Waals surface area contributed by atoms with Crippen LogP contribution in [-0.4, -0.2) is 27.5 Å². The van der Waals surface area contributed by atoms with E-state index in [1.807, 2.05) is 0 Å². The summed E-state index contributed by atoms with van der Waals surface area (Å²) in [6.45, 7) is -0.339. The number of thiazole rings is 1. The number of hydrogen-bond acceptors (Lipinski definition) is 7. The number of imide groups is 1. The number of hydrogen-bond donors (Lipinski definition) is 1. The van der Waals surface area contributed by atoms with Crippen molar-refractivity contribution < 1.29 is 32.0 Å². The Labute approximate surface area is 232 Å². The molecule has 2 aliphatic rings. The van der Waals surface area contributed by atoms with Crippen molar-refractivity contribution in [1.29, 1.82) is 0 Å². The largest absolute Gasteiger partial charge is 0.469 e. The van der Waals surface area contributed by atoms with Gasteiger partial charge in [-0.15, -0.1) is 0 Å². The van der Waals surface area contributed by atoms with Crippen LogP contribution in [0.25, 0.3) is 0 Å². The van der Waals surface area contributed by atoms with E-state index in [0.717, 1.165) is 46.2 Å². The van der Waals surface area contributed by atoms with E-state index in [2.05, 4.69) is 5.32 Å². The topological polar surface area (TPSA) is 102 Å². The number of alkyl halides is 3. The van der Waals surface area contributed by atoms with Crippen molar-refractivity contribution in [2.24, 2.45) is 5.92 Å². The monoisotopic (exact) mass is 585 g/mol. The van der Waals surface area contributed by atoms with Crippen LogP contribution in [0.2, 0.25) is 0 Å². The van der Waals surface area contributed by atoms with Gasteiger partial charge in [-0.1, -0.05) is 47.4 Å². The molecule has 2 aromatic carbocycles. The summed E-state index contributed by atoms with van der Waals surface area (Å²) in [5.41, 5.74) is -0.645.